The third-order valence-corrected chi connectivity index (χ3v) is 4.99. The van der Waals surface area contributed by atoms with E-state index in [4.69, 9.17) is 5.73 Å². The molecule has 1 heterocycles. The van der Waals surface area contributed by atoms with Crippen molar-refractivity contribution in [3.63, 3.8) is 0 Å². The highest BCUT2D eigenvalue weighted by molar-refractivity contribution is 5.94. The molecule has 5 heteroatoms. The minimum Gasteiger partial charge on any atom is -0.355 e. The van der Waals surface area contributed by atoms with Crippen molar-refractivity contribution < 1.29 is 9.59 Å². The maximum atomic E-state index is 12.6. The molecule has 0 radical (unpaired) electrons. The van der Waals surface area contributed by atoms with Crippen LogP contribution < -0.4 is 11.1 Å². The minimum atomic E-state index is -0.116. The van der Waals surface area contributed by atoms with Crippen molar-refractivity contribution in [3.05, 3.63) is 71.3 Å². The average molecular weight is 351 g/mol. The zero-order valence-corrected chi connectivity index (χ0v) is 15.0. The van der Waals surface area contributed by atoms with Crippen LogP contribution in [-0.2, 0) is 11.2 Å². The highest BCUT2D eigenvalue weighted by Crippen LogP contribution is 2.26. The molecule has 0 unspecified atom stereocenters. The number of aryl methyl sites for hydroxylation is 1. The summed E-state index contributed by atoms with van der Waals surface area (Å²) in [6.07, 6.45) is 1.04. The van der Waals surface area contributed by atoms with Crippen LogP contribution in [0.5, 0.6) is 0 Å². The van der Waals surface area contributed by atoms with E-state index in [9.17, 15) is 9.59 Å². The molecule has 26 heavy (non-hydrogen) atoms. The molecule has 1 aliphatic heterocycles. The number of carbonyl (C=O) groups is 2. The maximum Gasteiger partial charge on any atom is 0.251 e. The molecular formula is C21H25N3O2. The summed E-state index contributed by atoms with van der Waals surface area (Å²) in [5.41, 5.74) is 9.07. The molecule has 5 nitrogen and oxygen atoms in total. The lowest BCUT2D eigenvalue weighted by molar-refractivity contribution is -0.130. The summed E-state index contributed by atoms with van der Waals surface area (Å²) in [5, 5.41) is 2.62. The second-order valence-electron chi connectivity index (χ2n) is 6.76. The molecule has 3 rings (SSSR count). The Labute approximate surface area is 154 Å². The topological polar surface area (TPSA) is 75.4 Å². The van der Waals surface area contributed by atoms with Gasteiger partial charge in [-0.1, -0.05) is 42.5 Å². The highest BCUT2D eigenvalue weighted by atomic mass is 16.2. The summed E-state index contributed by atoms with van der Waals surface area (Å²) in [7, 11) is 1.61. The van der Waals surface area contributed by atoms with Gasteiger partial charge in [0.05, 0.1) is 0 Å². The summed E-state index contributed by atoms with van der Waals surface area (Å²) in [4.78, 5) is 26.2. The van der Waals surface area contributed by atoms with Crippen molar-refractivity contribution in [2.45, 2.75) is 24.8 Å². The SMILES string of the molecule is CNC(=O)c1cccc(CCC(=O)N2C[C@@H](N)[C@H](c3ccccc3)C2)c1. The summed E-state index contributed by atoms with van der Waals surface area (Å²) in [5.74, 6) is 0.190. The smallest absolute Gasteiger partial charge is 0.251 e. The van der Waals surface area contributed by atoms with Crippen LogP contribution in [0.3, 0.4) is 0 Å². The third-order valence-electron chi connectivity index (χ3n) is 4.99. The van der Waals surface area contributed by atoms with Crippen molar-refractivity contribution in [1.82, 2.24) is 10.2 Å². The number of amides is 2. The fourth-order valence-electron chi connectivity index (χ4n) is 3.51. The first-order valence-corrected chi connectivity index (χ1v) is 8.98. The van der Waals surface area contributed by atoms with Gasteiger partial charge in [-0.25, -0.2) is 0 Å². The number of carbonyl (C=O) groups excluding carboxylic acids is 2. The average Bonchev–Trinajstić information content (AvgIpc) is 3.08. The minimum absolute atomic E-state index is 0.0297. The quantitative estimate of drug-likeness (QED) is 0.864. The first-order chi connectivity index (χ1) is 12.6. The van der Waals surface area contributed by atoms with Crippen LogP contribution in [0.4, 0.5) is 0 Å². The molecule has 136 valence electrons. The summed E-state index contributed by atoms with van der Waals surface area (Å²) >= 11 is 0. The van der Waals surface area contributed by atoms with Gasteiger partial charge in [0.25, 0.3) is 5.91 Å². The molecule has 1 fully saturated rings. The van der Waals surface area contributed by atoms with Crippen molar-refractivity contribution in [2.75, 3.05) is 20.1 Å². The van der Waals surface area contributed by atoms with Crippen LogP contribution >= 0.6 is 0 Å². The van der Waals surface area contributed by atoms with Crippen molar-refractivity contribution in [1.29, 1.82) is 0 Å². The van der Waals surface area contributed by atoms with Gasteiger partial charge in [-0.3, -0.25) is 9.59 Å². The molecule has 0 aromatic heterocycles. The van der Waals surface area contributed by atoms with Crippen LogP contribution in [0.2, 0.25) is 0 Å². The van der Waals surface area contributed by atoms with E-state index in [0.717, 1.165) is 5.56 Å². The van der Waals surface area contributed by atoms with Gasteiger partial charge in [-0.2, -0.15) is 0 Å². The number of rotatable bonds is 5. The largest absolute Gasteiger partial charge is 0.355 e. The van der Waals surface area contributed by atoms with E-state index in [1.165, 1.54) is 5.56 Å². The number of hydrogen-bond acceptors (Lipinski definition) is 3. The molecular weight excluding hydrogens is 326 g/mol. The predicted molar refractivity (Wildman–Crippen MR) is 102 cm³/mol. The fraction of sp³-hybridized carbons (Fsp3) is 0.333. The lowest BCUT2D eigenvalue weighted by Crippen LogP contribution is -2.32. The Morgan fingerprint density at radius 2 is 1.88 bits per heavy atom. The molecule has 0 spiro atoms. The number of nitrogens with zero attached hydrogens (tertiary/aromatic N) is 1. The van der Waals surface area contributed by atoms with Crippen LogP contribution in [0.15, 0.2) is 54.6 Å². The van der Waals surface area contributed by atoms with E-state index in [0.29, 0.717) is 31.5 Å². The molecule has 0 aliphatic carbocycles. The Hall–Kier alpha value is -2.66. The van der Waals surface area contributed by atoms with Crippen molar-refractivity contribution in [2.24, 2.45) is 5.73 Å². The fourth-order valence-corrected chi connectivity index (χ4v) is 3.51. The zero-order valence-electron chi connectivity index (χ0n) is 15.0. The Bertz CT molecular complexity index is 776. The number of nitrogens with two attached hydrogens (primary N) is 1. The van der Waals surface area contributed by atoms with Crippen LogP contribution in [0, 0.1) is 0 Å². The van der Waals surface area contributed by atoms with E-state index < -0.39 is 0 Å². The molecule has 0 bridgehead atoms. The molecule has 1 saturated heterocycles. The van der Waals surface area contributed by atoms with Gasteiger partial charge in [0.15, 0.2) is 0 Å². The van der Waals surface area contributed by atoms with Crippen molar-refractivity contribution >= 4 is 11.8 Å². The van der Waals surface area contributed by atoms with E-state index in [-0.39, 0.29) is 23.8 Å². The van der Waals surface area contributed by atoms with Crippen molar-refractivity contribution in [3.8, 4) is 0 Å². The Kier molecular flexibility index (Phi) is 5.68. The molecule has 2 amide bonds. The maximum absolute atomic E-state index is 12.6. The Morgan fingerprint density at radius 3 is 2.62 bits per heavy atom. The first kappa shape index (κ1) is 18.1. The van der Waals surface area contributed by atoms with Gasteiger partial charge in [-0.05, 0) is 29.7 Å². The Morgan fingerprint density at radius 1 is 1.12 bits per heavy atom. The van der Waals surface area contributed by atoms with Crippen LogP contribution in [0.25, 0.3) is 0 Å². The molecule has 0 saturated carbocycles. The molecule has 2 atom stereocenters. The molecule has 1 aliphatic rings. The van der Waals surface area contributed by atoms with E-state index >= 15 is 0 Å². The number of likely N-dealkylation sites (tertiary alicyclic amines) is 1. The van der Waals surface area contributed by atoms with Gasteiger partial charge in [0.2, 0.25) is 5.91 Å². The van der Waals surface area contributed by atoms with Crippen LogP contribution in [0.1, 0.15) is 33.8 Å². The summed E-state index contributed by atoms with van der Waals surface area (Å²) < 4.78 is 0. The van der Waals surface area contributed by atoms with Gasteiger partial charge in [-0.15, -0.1) is 0 Å². The predicted octanol–water partition coefficient (Wildman–Crippen LogP) is 1.93. The summed E-state index contributed by atoms with van der Waals surface area (Å²) in [6, 6.07) is 17.5. The second-order valence-corrected chi connectivity index (χ2v) is 6.76. The number of nitrogens with one attached hydrogen (secondary N) is 1. The number of hydrogen-bond donors (Lipinski definition) is 2. The highest BCUT2D eigenvalue weighted by Gasteiger charge is 2.33. The van der Waals surface area contributed by atoms with E-state index in [1.807, 2.05) is 41.3 Å². The van der Waals surface area contributed by atoms with Crippen LogP contribution in [-0.4, -0.2) is 42.9 Å². The van der Waals surface area contributed by atoms with Gasteiger partial charge in [0.1, 0.15) is 0 Å². The first-order valence-electron chi connectivity index (χ1n) is 8.98. The van der Waals surface area contributed by atoms with Gasteiger partial charge < -0.3 is 16.0 Å². The van der Waals surface area contributed by atoms with Gasteiger partial charge in [0, 0.05) is 44.1 Å². The molecule has 3 N–H and O–H groups in total. The third kappa shape index (κ3) is 4.11. The monoisotopic (exact) mass is 351 g/mol. The number of benzene rings is 2. The molecule has 2 aromatic carbocycles. The normalized spacial score (nSPS) is 19.4. The van der Waals surface area contributed by atoms with Gasteiger partial charge >= 0.3 is 0 Å². The summed E-state index contributed by atoms with van der Waals surface area (Å²) in [6.45, 7) is 1.26. The molecule has 2 aromatic rings. The lowest BCUT2D eigenvalue weighted by atomic mass is 9.95. The van der Waals surface area contributed by atoms with E-state index in [2.05, 4.69) is 17.4 Å². The lowest BCUT2D eigenvalue weighted by Gasteiger charge is -2.16. The zero-order chi connectivity index (χ0) is 18.5. The standard InChI is InChI=1S/C21H25N3O2/c1-23-21(26)17-9-5-6-15(12-17)10-11-20(25)24-13-18(19(22)14-24)16-7-3-2-4-8-16/h2-9,12,18-19H,10-11,13-14,22H2,1H3,(H,23,26)/t18-,19+/m0/s1. The van der Waals surface area contributed by atoms with E-state index in [1.54, 1.807) is 13.1 Å². The second kappa shape index (κ2) is 8.15. The Balaban J connectivity index is 1.58.